The fourth-order valence-electron chi connectivity index (χ4n) is 1.05. The summed E-state index contributed by atoms with van der Waals surface area (Å²) in [5.74, 6) is -1.27. The van der Waals surface area contributed by atoms with Crippen LogP contribution in [-0.4, -0.2) is 27.9 Å². The van der Waals surface area contributed by atoms with Crippen molar-refractivity contribution in [1.29, 1.82) is 0 Å². The molecule has 0 fully saturated rings. The van der Waals surface area contributed by atoms with Gasteiger partial charge in [0.2, 0.25) is 5.91 Å². The molecule has 0 saturated heterocycles. The van der Waals surface area contributed by atoms with Gasteiger partial charge in [-0.05, 0) is 11.8 Å². The van der Waals surface area contributed by atoms with E-state index < -0.39 is 12.0 Å². The van der Waals surface area contributed by atoms with E-state index in [1.807, 2.05) is 13.8 Å². The Balaban J connectivity index is 4.43. The van der Waals surface area contributed by atoms with Crippen molar-refractivity contribution in [3.8, 4) is 0 Å². The normalized spacial score (nSPS) is 15.1. The van der Waals surface area contributed by atoms with E-state index in [4.69, 9.17) is 5.11 Å². The van der Waals surface area contributed by atoms with E-state index in [-0.39, 0.29) is 22.6 Å². The highest BCUT2D eigenvalue weighted by atomic mass is 79.9. The lowest BCUT2D eigenvalue weighted by Gasteiger charge is -2.21. The largest absolute Gasteiger partial charge is 0.480 e. The van der Waals surface area contributed by atoms with Crippen molar-refractivity contribution in [2.45, 2.75) is 38.6 Å². The molecule has 5 heteroatoms. The Bertz CT molecular complexity index is 241. The molecule has 0 aliphatic carbocycles. The average molecular weight is 280 g/mol. The van der Waals surface area contributed by atoms with Gasteiger partial charge in [0.25, 0.3) is 0 Å². The predicted octanol–water partition coefficient (Wildman–Crippen LogP) is 1.63. The molecule has 0 heterocycles. The van der Waals surface area contributed by atoms with Crippen molar-refractivity contribution in [1.82, 2.24) is 5.32 Å². The van der Waals surface area contributed by atoms with Gasteiger partial charge in [-0.25, -0.2) is 4.79 Å². The first-order chi connectivity index (χ1) is 6.77. The second-order valence-corrected chi connectivity index (χ2v) is 5.20. The molecule has 0 bridgehead atoms. The van der Waals surface area contributed by atoms with Crippen LogP contribution < -0.4 is 5.32 Å². The molecule has 0 rings (SSSR count). The van der Waals surface area contributed by atoms with E-state index in [9.17, 15) is 9.59 Å². The monoisotopic (exact) mass is 279 g/mol. The van der Waals surface area contributed by atoms with Crippen molar-refractivity contribution >= 4 is 27.8 Å². The summed E-state index contributed by atoms with van der Waals surface area (Å²) in [6, 6.07) is -0.823. The topological polar surface area (TPSA) is 66.4 Å². The molecule has 0 radical (unpaired) electrons. The van der Waals surface area contributed by atoms with Crippen LogP contribution in [-0.2, 0) is 9.59 Å². The molecule has 2 unspecified atom stereocenters. The smallest absolute Gasteiger partial charge is 0.326 e. The van der Waals surface area contributed by atoms with Gasteiger partial charge in [-0.2, -0.15) is 0 Å². The standard InChI is InChI=1S/C10H18BrNO3/c1-5(2)7(11)9(13)12-8(6(3)4)10(14)15/h5-8H,1-4H3,(H,12,13)(H,14,15). The number of hydrogen-bond acceptors (Lipinski definition) is 2. The number of carboxylic acids is 1. The number of rotatable bonds is 5. The number of amides is 1. The Hall–Kier alpha value is -0.580. The molecule has 0 aromatic heterocycles. The van der Waals surface area contributed by atoms with Crippen molar-refractivity contribution in [2.24, 2.45) is 11.8 Å². The predicted molar refractivity (Wildman–Crippen MR) is 62.0 cm³/mol. The molecule has 0 saturated carbocycles. The second kappa shape index (κ2) is 6.10. The van der Waals surface area contributed by atoms with Crippen LogP contribution in [0.15, 0.2) is 0 Å². The number of nitrogens with one attached hydrogen (secondary N) is 1. The highest BCUT2D eigenvalue weighted by Gasteiger charge is 2.27. The van der Waals surface area contributed by atoms with Gasteiger partial charge in [-0.1, -0.05) is 43.6 Å². The summed E-state index contributed by atoms with van der Waals surface area (Å²) in [6.45, 7) is 7.31. The molecular weight excluding hydrogens is 262 g/mol. The fraction of sp³-hybridized carbons (Fsp3) is 0.800. The summed E-state index contributed by atoms with van der Waals surface area (Å²) >= 11 is 3.23. The van der Waals surface area contributed by atoms with Crippen LogP contribution in [0, 0.1) is 11.8 Å². The van der Waals surface area contributed by atoms with Crippen LogP contribution in [0.25, 0.3) is 0 Å². The van der Waals surface area contributed by atoms with Gasteiger partial charge >= 0.3 is 5.97 Å². The molecule has 88 valence electrons. The van der Waals surface area contributed by atoms with Crippen molar-refractivity contribution in [2.75, 3.05) is 0 Å². The van der Waals surface area contributed by atoms with Gasteiger partial charge in [-0.15, -0.1) is 0 Å². The van der Waals surface area contributed by atoms with Gasteiger partial charge < -0.3 is 10.4 Å². The molecule has 15 heavy (non-hydrogen) atoms. The van der Waals surface area contributed by atoms with Crippen LogP contribution in [0.1, 0.15) is 27.7 Å². The number of carboxylic acid groups (broad SMARTS) is 1. The van der Waals surface area contributed by atoms with Gasteiger partial charge in [0, 0.05) is 0 Å². The number of aliphatic carboxylic acids is 1. The summed E-state index contributed by atoms with van der Waals surface area (Å²) in [5.41, 5.74) is 0. The van der Waals surface area contributed by atoms with Crippen LogP contribution in [0.3, 0.4) is 0 Å². The molecule has 0 spiro atoms. The zero-order chi connectivity index (χ0) is 12.2. The first-order valence-electron chi connectivity index (χ1n) is 4.94. The quantitative estimate of drug-likeness (QED) is 0.752. The van der Waals surface area contributed by atoms with E-state index in [0.717, 1.165) is 0 Å². The van der Waals surface area contributed by atoms with Crippen molar-refractivity contribution < 1.29 is 14.7 Å². The molecule has 4 nitrogen and oxygen atoms in total. The zero-order valence-electron chi connectivity index (χ0n) is 9.45. The highest BCUT2D eigenvalue weighted by Crippen LogP contribution is 2.13. The molecule has 0 aromatic rings. The first kappa shape index (κ1) is 14.4. The molecule has 0 aliphatic heterocycles. The number of alkyl halides is 1. The van der Waals surface area contributed by atoms with E-state index in [1.165, 1.54) is 0 Å². The van der Waals surface area contributed by atoms with E-state index in [0.29, 0.717) is 0 Å². The van der Waals surface area contributed by atoms with Crippen molar-refractivity contribution in [3.63, 3.8) is 0 Å². The molecule has 1 amide bonds. The number of carbonyl (C=O) groups excluding carboxylic acids is 1. The van der Waals surface area contributed by atoms with Crippen LogP contribution in [0.5, 0.6) is 0 Å². The average Bonchev–Trinajstić information content (AvgIpc) is 2.11. The third kappa shape index (κ3) is 4.64. The van der Waals surface area contributed by atoms with Crippen LogP contribution in [0.4, 0.5) is 0 Å². The fourth-order valence-corrected chi connectivity index (χ4v) is 1.18. The lowest BCUT2D eigenvalue weighted by atomic mass is 10.0. The zero-order valence-corrected chi connectivity index (χ0v) is 11.0. The third-order valence-electron chi connectivity index (χ3n) is 2.07. The van der Waals surface area contributed by atoms with Gasteiger partial charge in [0.1, 0.15) is 6.04 Å². The minimum atomic E-state index is -0.998. The van der Waals surface area contributed by atoms with Gasteiger partial charge in [0.05, 0.1) is 4.83 Å². The minimum absolute atomic E-state index is 0.127. The Morgan fingerprint density at radius 1 is 1.13 bits per heavy atom. The lowest BCUT2D eigenvalue weighted by Crippen LogP contribution is -2.47. The van der Waals surface area contributed by atoms with E-state index in [1.54, 1.807) is 13.8 Å². The second-order valence-electron chi connectivity index (χ2n) is 4.21. The first-order valence-corrected chi connectivity index (χ1v) is 5.86. The molecule has 2 N–H and O–H groups in total. The van der Waals surface area contributed by atoms with Crippen molar-refractivity contribution in [3.05, 3.63) is 0 Å². The number of halogens is 1. The van der Waals surface area contributed by atoms with E-state index >= 15 is 0 Å². The Morgan fingerprint density at radius 3 is 1.87 bits per heavy atom. The molecule has 0 aliphatic rings. The van der Waals surface area contributed by atoms with Crippen LogP contribution >= 0.6 is 15.9 Å². The number of hydrogen-bond donors (Lipinski definition) is 2. The molecule has 0 aromatic carbocycles. The summed E-state index contributed by atoms with van der Waals surface area (Å²) in [5, 5.41) is 11.4. The Kier molecular flexibility index (Phi) is 5.87. The molecular formula is C10H18BrNO3. The highest BCUT2D eigenvalue weighted by molar-refractivity contribution is 9.10. The summed E-state index contributed by atoms with van der Waals surface area (Å²) in [4.78, 5) is 22.1. The molecule has 2 atom stereocenters. The lowest BCUT2D eigenvalue weighted by molar-refractivity contribution is -0.143. The summed E-state index contributed by atoms with van der Waals surface area (Å²) < 4.78 is 0. The third-order valence-corrected chi connectivity index (χ3v) is 3.54. The van der Waals surface area contributed by atoms with Gasteiger partial charge in [-0.3, -0.25) is 4.79 Å². The van der Waals surface area contributed by atoms with Crippen LogP contribution in [0.2, 0.25) is 0 Å². The number of carbonyl (C=O) groups is 2. The Morgan fingerprint density at radius 2 is 1.60 bits per heavy atom. The minimum Gasteiger partial charge on any atom is -0.480 e. The van der Waals surface area contributed by atoms with Gasteiger partial charge in [0.15, 0.2) is 0 Å². The summed E-state index contributed by atoms with van der Waals surface area (Å²) in [7, 11) is 0. The maximum absolute atomic E-state index is 11.6. The Labute approximate surface area is 98.6 Å². The van der Waals surface area contributed by atoms with E-state index in [2.05, 4.69) is 21.2 Å². The SMILES string of the molecule is CC(C)C(Br)C(=O)NC(C(=O)O)C(C)C. The maximum Gasteiger partial charge on any atom is 0.326 e. The maximum atomic E-state index is 11.6. The summed E-state index contributed by atoms with van der Waals surface area (Å²) in [6.07, 6.45) is 0.